The number of hydrogen-bond acceptors (Lipinski definition) is 2. The molecule has 0 heterocycles. The maximum atomic E-state index is 11.1. The van der Waals surface area contributed by atoms with Gasteiger partial charge < -0.3 is 9.53 Å². The van der Waals surface area contributed by atoms with E-state index < -0.39 is 0 Å². The molecule has 0 aromatic heterocycles. The van der Waals surface area contributed by atoms with Crippen molar-refractivity contribution in [1.82, 2.24) is 0 Å². The Kier molecular flexibility index (Phi) is 2.77. The number of carbonyl (C=O) groups is 1. The normalized spacial score (nSPS) is 17.3. The van der Waals surface area contributed by atoms with Gasteiger partial charge in [0.05, 0.1) is 17.0 Å². The molecule has 0 N–H and O–H groups in total. The Bertz CT molecular complexity index is 413. The Balaban J connectivity index is 2.59. The van der Waals surface area contributed by atoms with Crippen LogP contribution in [0.15, 0.2) is 16.6 Å². The highest BCUT2D eigenvalue weighted by Gasteiger charge is 2.46. The predicted molar refractivity (Wildman–Crippen MR) is 62.7 cm³/mol. The van der Waals surface area contributed by atoms with Crippen LogP contribution in [0.5, 0.6) is 5.75 Å². The van der Waals surface area contributed by atoms with Crippen molar-refractivity contribution in [1.29, 1.82) is 0 Å². The minimum atomic E-state index is -0.362. The highest BCUT2D eigenvalue weighted by molar-refractivity contribution is 9.10. The van der Waals surface area contributed by atoms with Gasteiger partial charge in [0.2, 0.25) is 0 Å². The molecule has 1 aromatic carbocycles. The van der Waals surface area contributed by atoms with Gasteiger partial charge in [-0.2, -0.15) is 0 Å². The third-order valence-electron chi connectivity index (χ3n) is 2.76. The molecule has 1 aromatic rings. The van der Waals surface area contributed by atoms with Crippen LogP contribution in [0.4, 0.5) is 0 Å². The van der Waals surface area contributed by atoms with E-state index in [2.05, 4.69) is 15.9 Å². The molecule has 0 radical (unpaired) electrons. The molecule has 0 unspecified atom stereocenters. The zero-order valence-electron chi connectivity index (χ0n) is 8.22. The third-order valence-corrected chi connectivity index (χ3v) is 3.57. The smallest absolute Gasteiger partial charge is 0.137 e. The summed E-state index contributed by atoms with van der Waals surface area (Å²) in [6.45, 7) is 0. The molecule has 1 fully saturated rings. The fourth-order valence-electron chi connectivity index (χ4n) is 1.72. The Morgan fingerprint density at radius 2 is 2.20 bits per heavy atom. The Labute approximate surface area is 102 Å². The number of benzene rings is 1. The van der Waals surface area contributed by atoms with Gasteiger partial charge >= 0.3 is 0 Å². The second-order valence-electron chi connectivity index (χ2n) is 3.74. The number of carbonyl (C=O) groups excluding carboxylic acids is 1. The molecular formula is C11H10BrClO2. The van der Waals surface area contributed by atoms with E-state index in [0.29, 0.717) is 10.8 Å². The highest BCUT2D eigenvalue weighted by atomic mass is 79.9. The molecular weight excluding hydrogens is 279 g/mol. The first-order chi connectivity index (χ1) is 7.13. The molecule has 0 saturated heterocycles. The summed E-state index contributed by atoms with van der Waals surface area (Å²) in [4.78, 5) is 11.1. The number of methoxy groups -OCH3 is 1. The molecule has 1 saturated carbocycles. The van der Waals surface area contributed by atoms with Gasteiger partial charge in [0.15, 0.2) is 0 Å². The average molecular weight is 290 g/mol. The van der Waals surface area contributed by atoms with Crippen LogP contribution in [0.1, 0.15) is 18.4 Å². The SMILES string of the molecule is COc1c(Br)cc(Cl)cc1C1(C=O)CC1. The van der Waals surface area contributed by atoms with E-state index in [-0.39, 0.29) is 5.41 Å². The zero-order valence-corrected chi connectivity index (χ0v) is 10.6. The summed E-state index contributed by atoms with van der Waals surface area (Å²) in [5, 5.41) is 0.616. The van der Waals surface area contributed by atoms with Crippen molar-refractivity contribution in [2.45, 2.75) is 18.3 Å². The minimum Gasteiger partial charge on any atom is -0.495 e. The van der Waals surface area contributed by atoms with Crippen molar-refractivity contribution in [2.75, 3.05) is 7.11 Å². The maximum absolute atomic E-state index is 11.1. The van der Waals surface area contributed by atoms with Gasteiger partial charge in [-0.3, -0.25) is 0 Å². The predicted octanol–water partition coefficient (Wildman–Crippen LogP) is 3.34. The van der Waals surface area contributed by atoms with E-state index in [1.165, 1.54) is 0 Å². The molecule has 0 aliphatic heterocycles. The van der Waals surface area contributed by atoms with Crippen molar-refractivity contribution in [3.8, 4) is 5.75 Å². The van der Waals surface area contributed by atoms with Crippen LogP contribution in [0.25, 0.3) is 0 Å². The molecule has 4 heteroatoms. The average Bonchev–Trinajstić information content (AvgIpc) is 2.97. The molecule has 0 atom stereocenters. The Hall–Kier alpha value is -0.540. The van der Waals surface area contributed by atoms with Gasteiger partial charge in [-0.25, -0.2) is 0 Å². The fraction of sp³-hybridized carbons (Fsp3) is 0.364. The first-order valence-corrected chi connectivity index (χ1v) is 5.80. The van der Waals surface area contributed by atoms with Crippen LogP contribution < -0.4 is 4.74 Å². The summed E-state index contributed by atoms with van der Waals surface area (Å²) in [6, 6.07) is 3.58. The fourth-order valence-corrected chi connectivity index (χ4v) is 2.70. The lowest BCUT2D eigenvalue weighted by molar-refractivity contribution is -0.109. The van der Waals surface area contributed by atoms with Crippen molar-refractivity contribution in [3.63, 3.8) is 0 Å². The van der Waals surface area contributed by atoms with Gasteiger partial charge in [-0.15, -0.1) is 0 Å². The summed E-state index contributed by atoms with van der Waals surface area (Å²) in [5.41, 5.74) is 0.526. The van der Waals surface area contributed by atoms with E-state index >= 15 is 0 Å². The Morgan fingerprint density at radius 3 is 2.67 bits per heavy atom. The monoisotopic (exact) mass is 288 g/mol. The summed E-state index contributed by atoms with van der Waals surface area (Å²) in [5.74, 6) is 0.712. The number of hydrogen-bond donors (Lipinski definition) is 0. The van der Waals surface area contributed by atoms with Crippen molar-refractivity contribution in [2.24, 2.45) is 0 Å². The first-order valence-electron chi connectivity index (χ1n) is 4.63. The van der Waals surface area contributed by atoms with Crippen LogP contribution in [0, 0.1) is 0 Å². The standard InChI is InChI=1S/C11H10BrClO2/c1-15-10-8(11(6-14)2-3-11)4-7(13)5-9(10)12/h4-6H,2-3H2,1H3. The van der Waals surface area contributed by atoms with Gasteiger partial charge in [0.25, 0.3) is 0 Å². The minimum absolute atomic E-state index is 0.362. The zero-order chi connectivity index (χ0) is 11.1. The van der Waals surface area contributed by atoms with Crippen LogP contribution in [0.3, 0.4) is 0 Å². The maximum Gasteiger partial charge on any atom is 0.137 e. The largest absolute Gasteiger partial charge is 0.495 e. The molecule has 0 spiro atoms. The molecule has 0 bridgehead atoms. The number of aldehydes is 1. The van der Waals surface area contributed by atoms with E-state index in [4.69, 9.17) is 16.3 Å². The second kappa shape index (κ2) is 3.80. The van der Waals surface area contributed by atoms with Gasteiger partial charge in [-0.1, -0.05) is 11.6 Å². The van der Waals surface area contributed by atoms with E-state index in [9.17, 15) is 4.79 Å². The molecule has 1 aliphatic carbocycles. The van der Waals surface area contributed by atoms with Gasteiger partial charge in [0.1, 0.15) is 12.0 Å². The Morgan fingerprint density at radius 1 is 1.53 bits per heavy atom. The molecule has 15 heavy (non-hydrogen) atoms. The number of halogens is 2. The first kappa shape index (κ1) is 11.0. The quantitative estimate of drug-likeness (QED) is 0.798. The van der Waals surface area contributed by atoms with Crippen molar-refractivity contribution in [3.05, 3.63) is 27.2 Å². The lowest BCUT2D eigenvalue weighted by atomic mass is 9.97. The van der Waals surface area contributed by atoms with E-state index in [1.54, 1.807) is 13.2 Å². The summed E-state index contributed by atoms with van der Waals surface area (Å²) < 4.78 is 6.09. The summed E-state index contributed by atoms with van der Waals surface area (Å²) in [6.07, 6.45) is 2.74. The lowest BCUT2D eigenvalue weighted by Gasteiger charge is -2.15. The van der Waals surface area contributed by atoms with Crippen LogP contribution in [-0.4, -0.2) is 13.4 Å². The molecule has 2 rings (SSSR count). The highest BCUT2D eigenvalue weighted by Crippen LogP contribution is 2.51. The van der Waals surface area contributed by atoms with Crippen LogP contribution >= 0.6 is 27.5 Å². The lowest BCUT2D eigenvalue weighted by Crippen LogP contribution is -2.10. The van der Waals surface area contributed by atoms with Crippen molar-refractivity contribution >= 4 is 33.8 Å². The van der Waals surface area contributed by atoms with Gasteiger partial charge in [-0.05, 0) is 40.9 Å². The number of rotatable bonds is 3. The topological polar surface area (TPSA) is 26.3 Å². The molecule has 1 aliphatic rings. The molecule has 80 valence electrons. The summed E-state index contributed by atoms with van der Waals surface area (Å²) in [7, 11) is 1.60. The number of ether oxygens (including phenoxy) is 1. The van der Waals surface area contributed by atoms with Crippen molar-refractivity contribution < 1.29 is 9.53 Å². The van der Waals surface area contributed by atoms with Crippen LogP contribution in [-0.2, 0) is 10.2 Å². The van der Waals surface area contributed by atoms with E-state index in [1.807, 2.05) is 6.07 Å². The second-order valence-corrected chi connectivity index (χ2v) is 5.03. The summed E-state index contributed by atoms with van der Waals surface area (Å²) >= 11 is 9.35. The van der Waals surface area contributed by atoms with E-state index in [0.717, 1.165) is 29.2 Å². The molecule has 0 amide bonds. The molecule has 2 nitrogen and oxygen atoms in total. The van der Waals surface area contributed by atoms with Gasteiger partial charge in [0, 0.05) is 10.6 Å². The van der Waals surface area contributed by atoms with Crippen LogP contribution in [0.2, 0.25) is 5.02 Å². The third kappa shape index (κ3) is 1.79.